The van der Waals surface area contributed by atoms with E-state index in [4.69, 9.17) is 11.6 Å². The molecule has 0 aromatic heterocycles. The van der Waals surface area contributed by atoms with Gasteiger partial charge >= 0.3 is 12.0 Å². The summed E-state index contributed by atoms with van der Waals surface area (Å²) < 4.78 is 4.66. The van der Waals surface area contributed by atoms with Crippen LogP contribution < -0.4 is 5.32 Å². The molecule has 1 N–H and O–H groups in total. The lowest BCUT2D eigenvalue weighted by atomic mass is 10.1. The number of hydrogen-bond donors (Lipinski definition) is 1. The van der Waals surface area contributed by atoms with Gasteiger partial charge in [-0.05, 0) is 36.2 Å². The van der Waals surface area contributed by atoms with Gasteiger partial charge in [-0.2, -0.15) is 0 Å². The highest BCUT2D eigenvalue weighted by molar-refractivity contribution is 6.30. The number of hydrogen-bond acceptors (Lipinski definition) is 3. The number of carbonyl (C=O) groups is 2. The third-order valence-corrected chi connectivity index (χ3v) is 3.96. The Balaban J connectivity index is 1.99. The number of ether oxygens (including phenoxy) is 1. The normalized spacial score (nSPS) is 10.2. The number of nitrogens with zero attached hydrogens (tertiary/aromatic N) is 1. The van der Waals surface area contributed by atoms with Crippen LogP contribution >= 0.6 is 11.6 Å². The summed E-state index contributed by atoms with van der Waals surface area (Å²) in [6.45, 7) is 0.791. The van der Waals surface area contributed by atoms with E-state index in [1.165, 1.54) is 7.11 Å². The first-order valence-electron chi connectivity index (χ1n) is 8.00. The van der Waals surface area contributed by atoms with Gasteiger partial charge < -0.3 is 15.0 Å². The molecule has 132 valence electrons. The quantitative estimate of drug-likeness (QED) is 0.760. The molecule has 0 bridgehead atoms. The number of carbonyl (C=O) groups excluding carboxylic acids is 2. The molecule has 0 aliphatic carbocycles. The fraction of sp³-hybridized carbons (Fsp3) is 0.263. The van der Waals surface area contributed by atoms with Gasteiger partial charge in [0, 0.05) is 23.8 Å². The second-order valence-electron chi connectivity index (χ2n) is 5.49. The Hall–Kier alpha value is -2.53. The molecule has 5 nitrogen and oxygen atoms in total. The van der Waals surface area contributed by atoms with Crippen LogP contribution in [0.3, 0.4) is 0 Å². The predicted octanol–water partition coefficient (Wildman–Crippen LogP) is 3.98. The molecule has 2 rings (SSSR count). The van der Waals surface area contributed by atoms with Gasteiger partial charge in [0.2, 0.25) is 0 Å². The number of amides is 2. The van der Waals surface area contributed by atoms with Crippen molar-refractivity contribution in [1.29, 1.82) is 0 Å². The standard InChI is InChI=1S/C19H21ClN2O3/c1-25-18(23)12-14-22(13-11-15-5-3-2-4-6-15)19(24)21-17-9-7-16(20)8-10-17/h2-10H,11-14H2,1H3,(H,21,24). The zero-order valence-corrected chi connectivity index (χ0v) is 14.8. The van der Waals surface area contributed by atoms with Crippen LogP contribution in [0.4, 0.5) is 10.5 Å². The Labute approximate surface area is 152 Å². The first-order chi connectivity index (χ1) is 12.1. The van der Waals surface area contributed by atoms with Crippen LogP contribution in [0.5, 0.6) is 0 Å². The maximum atomic E-state index is 12.5. The van der Waals surface area contributed by atoms with Crippen LogP contribution in [-0.4, -0.2) is 37.1 Å². The van der Waals surface area contributed by atoms with Crippen LogP contribution in [-0.2, 0) is 16.0 Å². The van der Waals surface area contributed by atoms with E-state index in [2.05, 4.69) is 10.1 Å². The highest BCUT2D eigenvalue weighted by Gasteiger charge is 2.15. The number of halogens is 1. The fourth-order valence-corrected chi connectivity index (χ4v) is 2.41. The van der Waals surface area contributed by atoms with Gasteiger partial charge in [-0.25, -0.2) is 4.79 Å². The second-order valence-corrected chi connectivity index (χ2v) is 5.92. The molecular formula is C19H21ClN2O3. The third kappa shape index (κ3) is 6.47. The molecular weight excluding hydrogens is 340 g/mol. The molecule has 2 amide bonds. The molecule has 6 heteroatoms. The van der Waals surface area contributed by atoms with E-state index in [-0.39, 0.29) is 18.4 Å². The molecule has 2 aromatic rings. The highest BCUT2D eigenvalue weighted by Crippen LogP contribution is 2.14. The van der Waals surface area contributed by atoms with Gasteiger partial charge in [-0.1, -0.05) is 41.9 Å². The number of rotatable bonds is 7. The number of anilines is 1. The van der Waals surface area contributed by atoms with Crippen LogP contribution in [0.2, 0.25) is 5.02 Å². The van der Waals surface area contributed by atoms with Crippen molar-refractivity contribution in [2.75, 3.05) is 25.5 Å². The minimum Gasteiger partial charge on any atom is -0.469 e. The SMILES string of the molecule is COC(=O)CCN(CCc1ccccc1)C(=O)Nc1ccc(Cl)cc1. The smallest absolute Gasteiger partial charge is 0.321 e. The number of urea groups is 1. The predicted molar refractivity (Wildman–Crippen MR) is 98.8 cm³/mol. The van der Waals surface area contributed by atoms with E-state index in [9.17, 15) is 9.59 Å². The molecule has 0 unspecified atom stereocenters. The molecule has 0 saturated heterocycles. The summed E-state index contributed by atoms with van der Waals surface area (Å²) in [6.07, 6.45) is 0.857. The Kier molecular flexibility index (Phi) is 7.29. The largest absolute Gasteiger partial charge is 0.469 e. The van der Waals surface area contributed by atoms with Gasteiger partial charge in [0.05, 0.1) is 13.5 Å². The summed E-state index contributed by atoms with van der Waals surface area (Å²) in [7, 11) is 1.34. The highest BCUT2D eigenvalue weighted by atomic mass is 35.5. The topological polar surface area (TPSA) is 58.6 Å². The molecule has 0 aliphatic rings. The lowest BCUT2D eigenvalue weighted by Crippen LogP contribution is -2.38. The zero-order valence-electron chi connectivity index (χ0n) is 14.1. The molecule has 2 aromatic carbocycles. The average molecular weight is 361 g/mol. The van der Waals surface area contributed by atoms with Gasteiger partial charge in [-0.15, -0.1) is 0 Å². The van der Waals surface area contributed by atoms with Crippen LogP contribution in [0, 0.1) is 0 Å². The summed E-state index contributed by atoms with van der Waals surface area (Å²) >= 11 is 5.85. The van der Waals surface area contributed by atoms with Crippen molar-refractivity contribution in [3.63, 3.8) is 0 Å². The van der Waals surface area contributed by atoms with E-state index < -0.39 is 0 Å². The summed E-state index contributed by atoms with van der Waals surface area (Å²) in [5.41, 5.74) is 1.78. The molecule has 0 spiro atoms. The van der Waals surface area contributed by atoms with Gasteiger partial charge in [0.25, 0.3) is 0 Å². The minimum absolute atomic E-state index is 0.152. The van der Waals surface area contributed by atoms with E-state index in [1.807, 2.05) is 30.3 Å². The summed E-state index contributed by atoms with van der Waals surface area (Å²) in [5.74, 6) is -0.344. The lowest BCUT2D eigenvalue weighted by molar-refractivity contribution is -0.140. The molecule has 0 atom stereocenters. The summed E-state index contributed by atoms with van der Waals surface area (Å²) in [6, 6.07) is 16.5. The monoisotopic (exact) mass is 360 g/mol. The molecule has 0 aliphatic heterocycles. The first-order valence-corrected chi connectivity index (χ1v) is 8.38. The number of methoxy groups -OCH3 is 1. The number of esters is 1. The van der Waals surface area contributed by atoms with Crippen molar-refractivity contribution in [2.24, 2.45) is 0 Å². The van der Waals surface area contributed by atoms with Gasteiger partial charge in [-0.3, -0.25) is 4.79 Å². The maximum absolute atomic E-state index is 12.5. The van der Waals surface area contributed by atoms with E-state index in [0.29, 0.717) is 30.2 Å². The number of benzene rings is 2. The van der Waals surface area contributed by atoms with Crippen molar-refractivity contribution >= 4 is 29.3 Å². The molecule has 25 heavy (non-hydrogen) atoms. The molecule has 0 heterocycles. The molecule has 0 saturated carbocycles. The van der Waals surface area contributed by atoms with Crippen molar-refractivity contribution in [2.45, 2.75) is 12.8 Å². The lowest BCUT2D eigenvalue weighted by Gasteiger charge is -2.23. The van der Waals surface area contributed by atoms with Crippen LogP contribution in [0.15, 0.2) is 54.6 Å². The number of nitrogens with one attached hydrogen (secondary N) is 1. The summed E-state index contributed by atoms with van der Waals surface area (Å²) in [4.78, 5) is 25.6. The molecule has 0 radical (unpaired) electrons. The fourth-order valence-electron chi connectivity index (χ4n) is 2.29. The van der Waals surface area contributed by atoms with E-state index >= 15 is 0 Å². The van der Waals surface area contributed by atoms with Crippen molar-refractivity contribution in [3.8, 4) is 0 Å². The molecule has 0 fully saturated rings. The van der Waals surface area contributed by atoms with Crippen molar-refractivity contribution in [1.82, 2.24) is 4.90 Å². The minimum atomic E-state index is -0.344. The Morgan fingerprint density at radius 2 is 1.72 bits per heavy atom. The van der Waals surface area contributed by atoms with E-state index in [1.54, 1.807) is 29.2 Å². The Morgan fingerprint density at radius 1 is 1.04 bits per heavy atom. The van der Waals surface area contributed by atoms with Crippen LogP contribution in [0.1, 0.15) is 12.0 Å². The van der Waals surface area contributed by atoms with Crippen molar-refractivity contribution in [3.05, 3.63) is 65.2 Å². The van der Waals surface area contributed by atoms with Crippen LogP contribution in [0.25, 0.3) is 0 Å². The second kappa shape index (κ2) is 9.69. The Bertz CT molecular complexity index is 690. The first kappa shape index (κ1) is 18.8. The van der Waals surface area contributed by atoms with Gasteiger partial charge in [0.1, 0.15) is 0 Å². The van der Waals surface area contributed by atoms with E-state index in [0.717, 1.165) is 5.56 Å². The Morgan fingerprint density at radius 3 is 2.36 bits per heavy atom. The average Bonchev–Trinajstić information content (AvgIpc) is 2.64. The zero-order chi connectivity index (χ0) is 18.1. The third-order valence-electron chi connectivity index (χ3n) is 3.71. The van der Waals surface area contributed by atoms with Gasteiger partial charge in [0.15, 0.2) is 0 Å². The van der Waals surface area contributed by atoms with Crippen molar-refractivity contribution < 1.29 is 14.3 Å². The summed E-state index contributed by atoms with van der Waals surface area (Å²) in [5, 5.41) is 3.42. The maximum Gasteiger partial charge on any atom is 0.321 e.